The molecule has 106 valence electrons. The molecule has 0 saturated carbocycles. The van der Waals surface area contributed by atoms with Crippen molar-refractivity contribution in [2.75, 3.05) is 19.5 Å². The molecule has 1 heterocycles. The Morgan fingerprint density at radius 3 is 2.85 bits per heavy atom. The molecule has 0 unspecified atom stereocenters. The fraction of sp³-hybridized carbons (Fsp3) is 0.167. The highest BCUT2D eigenvalue weighted by Gasteiger charge is 2.17. The Kier molecular flexibility index (Phi) is 4.41. The molecule has 0 aliphatic rings. The van der Waals surface area contributed by atoms with E-state index in [1.165, 1.54) is 32.4 Å². The van der Waals surface area contributed by atoms with E-state index in [2.05, 4.69) is 15.0 Å². The van der Waals surface area contributed by atoms with E-state index in [-0.39, 0.29) is 15.8 Å². The van der Waals surface area contributed by atoms with Crippen LogP contribution in [0.25, 0.3) is 0 Å². The van der Waals surface area contributed by atoms with Gasteiger partial charge in [-0.1, -0.05) is 22.9 Å². The second kappa shape index (κ2) is 6.06. The molecule has 0 fully saturated rings. The van der Waals surface area contributed by atoms with Crippen molar-refractivity contribution >= 4 is 39.7 Å². The van der Waals surface area contributed by atoms with Crippen molar-refractivity contribution in [1.29, 1.82) is 0 Å². The zero-order valence-electron chi connectivity index (χ0n) is 10.6. The minimum Gasteiger partial charge on any atom is -0.494 e. The zero-order chi connectivity index (χ0) is 14.7. The van der Waals surface area contributed by atoms with E-state index >= 15 is 0 Å². The summed E-state index contributed by atoms with van der Waals surface area (Å²) in [6.07, 6.45) is 0. The van der Waals surface area contributed by atoms with Crippen LogP contribution in [0.2, 0.25) is 5.15 Å². The first kappa shape index (κ1) is 14.5. The number of thiazole rings is 1. The van der Waals surface area contributed by atoms with Crippen molar-refractivity contribution < 1.29 is 18.7 Å². The average molecular weight is 317 g/mol. The van der Waals surface area contributed by atoms with Gasteiger partial charge in [0, 0.05) is 11.8 Å². The Hall–Kier alpha value is -1.86. The number of anilines is 2. The molecular formula is C12H10ClFN2O3S. The molecular weight excluding hydrogens is 307 g/mol. The molecule has 1 aromatic heterocycles. The summed E-state index contributed by atoms with van der Waals surface area (Å²) in [4.78, 5) is 15.6. The van der Waals surface area contributed by atoms with Gasteiger partial charge in [-0.05, 0) is 12.1 Å². The molecule has 0 bridgehead atoms. The first-order chi connectivity index (χ1) is 9.55. The Bertz CT molecular complexity index is 648. The number of hydrogen-bond acceptors (Lipinski definition) is 6. The van der Waals surface area contributed by atoms with E-state index in [0.29, 0.717) is 10.8 Å². The van der Waals surface area contributed by atoms with Crippen LogP contribution in [-0.4, -0.2) is 25.2 Å². The fourth-order valence-electron chi connectivity index (χ4n) is 1.43. The summed E-state index contributed by atoms with van der Waals surface area (Å²) in [6, 6.07) is 4.25. The predicted octanol–water partition coefficient (Wildman–Crippen LogP) is 3.47. The maximum atomic E-state index is 13.3. The largest absolute Gasteiger partial charge is 0.494 e. The third-order valence-electron chi connectivity index (χ3n) is 2.36. The molecule has 5 nitrogen and oxygen atoms in total. The lowest BCUT2D eigenvalue weighted by atomic mass is 10.3. The highest BCUT2D eigenvalue weighted by molar-refractivity contribution is 7.18. The van der Waals surface area contributed by atoms with Gasteiger partial charge in [0.1, 0.15) is 0 Å². The summed E-state index contributed by atoms with van der Waals surface area (Å²) in [7, 11) is 2.63. The highest BCUT2D eigenvalue weighted by atomic mass is 35.5. The number of ether oxygens (including phenoxy) is 2. The normalized spacial score (nSPS) is 10.2. The Balaban J connectivity index is 2.24. The van der Waals surface area contributed by atoms with Crippen LogP contribution in [0.1, 0.15) is 9.67 Å². The summed E-state index contributed by atoms with van der Waals surface area (Å²) < 4.78 is 22.7. The molecule has 0 spiro atoms. The molecule has 0 amide bonds. The van der Waals surface area contributed by atoms with Crippen molar-refractivity contribution in [3.05, 3.63) is 34.0 Å². The van der Waals surface area contributed by atoms with E-state index in [9.17, 15) is 9.18 Å². The molecule has 8 heteroatoms. The number of halogens is 2. The lowest BCUT2D eigenvalue weighted by molar-refractivity contribution is 0.0606. The van der Waals surface area contributed by atoms with E-state index < -0.39 is 11.8 Å². The number of nitrogens with zero attached hydrogens (tertiary/aromatic N) is 1. The molecule has 0 radical (unpaired) electrons. The van der Waals surface area contributed by atoms with Crippen LogP contribution in [0, 0.1) is 5.82 Å². The molecule has 0 aliphatic heterocycles. The molecule has 20 heavy (non-hydrogen) atoms. The molecule has 0 saturated heterocycles. The van der Waals surface area contributed by atoms with Crippen LogP contribution in [0.3, 0.4) is 0 Å². The lowest BCUT2D eigenvalue weighted by Crippen LogP contribution is -1.98. The monoisotopic (exact) mass is 316 g/mol. The number of methoxy groups -OCH3 is 2. The molecule has 0 atom stereocenters. The van der Waals surface area contributed by atoms with Gasteiger partial charge in [0.2, 0.25) is 0 Å². The Morgan fingerprint density at radius 2 is 2.20 bits per heavy atom. The van der Waals surface area contributed by atoms with E-state index in [4.69, 9.17) is 16.3 Å². The van der Waals surface area contributed by atoms with Crippen molar-refractivity contribution in [3.8, 4) is 5.75 Å². The minimum absolute atomic E-state index is 0.0541. The quantitative estimate of drug-likeness (QED) is 0.875. The van der Waals surface area contributed by atoms with Crippen LogP contribution in [0.4, 0.5) is 15.2 Å². The summed E-state index contributed by atoms with van der Waals surface area (Å²) >= 11 is 6.88. The van der Waals surface area contributed by atoms with Crippen LogP contribution in [0.15, 0.2) is 18.2 Å². The average Bonchev–Trinajstić information content (AvgIpc) is 2.80. The van der Waals surface area contributed by atoms with Gasteiger partial charge in [0.15, 0.2) is 26.7 Å². The first-order valence-corrected chi connectivity index (χ1v) is 6.59. The SMILES string of the molecule is COC(=O)c1sc(Nc2ccc(F)c(OC)c2)nc1Cl. The van der Waals surface area contributed by atoms with Crippen molar-refractivity contribution in [2.45, 2.75) is 0 Å². The second-order valence-electron chi connectivity index (χ2n) is 3.60. The minimum atomic E-state index is -0.558. The summed E-state index contributed by atoms with van der Waals surface area (Å²) in [6.45, 7) is 0. The zero-order valence-corrected chi connectivity index (χ0v) is 12.1. The third kappa shape index (κ3) is 3.00. The van der Waals surface area contributed by atoms with Crippen LogP contribution in [-0.2, 0) is 4.74 Å². The summed E-state index contributed by atoms with van der Waals surface area (Å²) in [5.74, 6) is -0.923. The Labute approximate surface area is 123 Å². The molecule has 2 rings (SSSR count). The van der Waals surface area contributed by atoms with E-state index in [0.717, 1.165) is 11.3 Å². The van der Waals surface area contributed by atoms with Crippen LogP contribution >= 0.6 is 22.9 Å². The lowest BCUT2D eigenvalue weighted by Gasteiger charge is -2.06. The predicted molar refractivity (Wildman–Crippen MR) is 74.7 cm³/mol. The number of nitrogens with one attached hydrogen (secondary N) is 1. The molecule has 1 aromatic carbocycles. The molecule has 0 aliphatic carbocycles. The van der Waals surface area contributed by atoms with E-state index in [1.807, 2.05) is 0 Å². The number of carbonyl (C=O) groups is 1. The number of esters is 1. The number of aromatic nitrogens is 1. The maximum Gasteiger partial charge on any atom is 0.351 e. The summed E-state index contributed by atoms with van der Waals surface area (Å²) in [5.41, 5.74) is 0.560. The van der Waals surface area contributed by atoms with Crippen molar-refractivity contribution in [2.24, 2.45) is 0 Å². The second-order valence-corrected chi connectivity index (χ2v) is 4.96. The highest BCUT2D eigenvalue weighted by Crippen LogP contribution is 2.31. The fourth-order valence-corrected chi connectivity index (χ4v) is 2.56. The summed E-state index contributed by atoms with van der Waals surface area (Å²) in [5, 5.41) is 3.36. The standard InChI is InChI=1S/C12H10ClFN2O3S/c1-18-8-5-6(3-4-7(8)14)15-12-16-10(13)9(20-12)11(17)19-2/h3-5H,1-2H3,(H,15,16). The van der Waals surface area contributed by atoms with Gasteiger partial charge in [0.05, 0.1) is 14.2 Å². The molecule has 2 aromatic rings. The van der Waals surface area contributed by atoms with Gasteiger partial charge in [-0.25, -0.2) is 14.2 Å². The maximum absolute atomic E-state index is 13.3. The number of benzene rings is 1. The van der Waals surface area contributed by atoms with Gasteiger partial charge >= 0.3 is 5.97 Å². The van der Waals surface area contributed by atoms with Gasteiger partial charge in [-0.15, -0.1) is 0 Å². The van der Waals surface area contributed by atoms with Gasteiger partial charge in [0.25, 0.3) is 0 Å². The van der Waals surface area contributed by atoms with Gasteiger partial charge < -0.3 is 14.8 Å². The van der Waals surface area contributed by atoms with Gasteiger partial charge in [-0.3, -0.25) is 0 Å². The van der Waals surface area contributed by atoms with Gasteiger partial charge in [-0.2, -0.15) is 0 Å². The van der Waals surface area contributed by atoms with Crippen LogP contribution < -0.4 is 10.1 Å². The van der Waals surface area contributed by atoms with Crippen LogP contribution in [0.5, 0.6) is 5.75 Å². The first-order valence-electron chi connectivity index (χ1n) is 5.40. The third-order valence-corrected chi connectivity index (χ3v) is 3.70. The Morgan fingerprint density at radius 1 is 1.45 bits per heavy atom. The topological polar surface area (TPSA) is 60.5 Å². The van der Waals surface area contributed by atoms with E-state index in [1.54, 1.807) is 0 Å². The molecule has 1 N–H and O–H groups in total. The van der Waals surface area contributed by atoms with Crippen molar-refractivity contribution in [3.63, 3.8) is 0 Å². The number of carbonyl (C=O) groups excluding carboxylic acids is 1. The smallest absolute Gasteiger partial charge is 0.351 e. The van der Waals surface area contributed by atoms with Crippen molar-refractivity contribution in [1.82, 2.24) is 4.98 Å². The number of rotatable bonds is 4. The number of hydrogen-bond donors (Lipinski definition) is 1.